The zero-order valence-corrected chi connectivity index (χ0v) is 12.3. The minimum atomic E-state index is -0.741. The van der Waals surface area contributed by atoms with Crippen molar-refractivity contribution in [3.8, 4) is 5.75 Å². The van der Waals surface area contributed by atoms with Crippen LogP contribution in [0.1, 0.15) is 33.1 Å². The van der Waals surface area contributed by atoms with Gasteiger partial charge in [-0.15, -0.1) is 0 Å². The van der Waals surface area contributed by atoms with Gasteiger partial charge in [-0.3, -0.25) is 4.79 Å². The van der Waals surface area contributed by atoms with Gasteiger partial charge < -0.3 is 14.6 Å². The number of hydrogen-bond donors (Lipinski definition) is 1. The third kappa shape index (κ3) is 6.57. The highest BCUT2D eigenvalue weighted by atomic mass is 16.5. The molecule has 0 saturated heterocycles. The zero-order chi connectivity index (χ0) is 14.8. The zero-order valence-electron chi connectivity index (χ0n) is 12.3. The van der Waals surface area contributed by atoms with Crippen LogP contribution in [0.5, 0.6) is 5.75 Å². The summed E-state index contributed by atoms with van der Waals surface area (Å²) in [4.78, 5) is 10.9. The summed E-state index contributed by atoms with van der Waals surface area (Å²) in [6.45, 7) is 5.24. The molecule has 112 valence electrons. The fourth-order valence-electron chi connectivity index (χ4n) is 1.72. The molecule has 0 aliphatic heterocycles. The van der Waals surface area contributed by atoms with E-state index in [2.05, 4.69) is 0 Å². The fourth-order valence-corrected chi connectivity index (χ4v) is 1.72. The number of unbranched alkanes of at least 4 members (excludes halogenated alkanes) is 1. The molecule has 0 fully saturated rings. The lowest BCUT2D eigenvalue weighted by atomic mass is 9.87. The van der Waals surface area contributed by atoms with E-state index in [4.69, 9.17) is 14.6 Å². The van der Waals surface area contributed by atoms with Gasteiger partial charge >= 0.3 is 5.97 Å². The van der Waals surface area contributed by atoms with Gasteiger partial charge in [-0.25, -0.2) is 0 Å². The van der Waals surface area contributed by atoms with Crippen molar-refractivity contribution >= 4 is 5.97 Å². The third-order valence-electron chi connectivity index (χ3n) is 3.16. The van der Waals surface area contributed by atoms with Gasteiger partial charge in [0.25, 0.3) is 0 Å². The van der Waals surface area contributed by atoms with Crippen molar-refractivity contribution in [2.24, 2.45) is 5.41 Å². The topological polar surface area (TPSA) is 55.8 Å². The maximum Gasteiger partial charge on any atom is 0.309 e. The lowest BCUT2D eigenvalue weighted by Crippen LogP contribution is -2.23. The molecule has 0 aliphatic carbocycles. The summed E-state index contributed by atoms with van der Waals surface area (Å²) in [5.74, 6) is 0.106. The van der Waals surface area contributed by atoms with Crippen LogP contribution < -0.4 is 4.74 Å². The molecule has 0 aliphatic rings. The van der Waals surface area contributed by atoms with Crippen LogP contribution >= 0.6 is 0 Å². The average Bonchev–Trinajstić information content (AvgIpc) is 2.42. The van der Waals surface area contributed by atoms with Crippen LogP contribution in [0, 0.1) is 5.41 Å². The molecular weight excluding hydrogens is 256 g/mol. The number of para-hydroxylation sites is 1. The van der Waals surface area contributed by atoms with Gasteiger partial charge in [-0.2, -0.15) is 0 Å². The first-order valence-corrected chi connectivity index (χ1v) is 7.01. The van der Waals surface area contributed by atoms with Gasteiger partial charge in [0.2, 0.25) is 0 Å². The molecule has 0 atom stereocenters. The highest BCUT2D eigenvalue weighted by molar-refractivity contribution is 5.73. The molecule has 0 amide bonds. The molecule has 0 radical (unpaired) electrons. The molecule has 0 saturated carbocycles. The summed E-state index contributed by atoms with van der Waals surface area (Å²) < 4.78 is 11.0. The van der Waals surface area contributed by atoms with E-state index in [-0.39, 0.29) is 0 Å². The van der Waals surface area contributed by atoms with Crippen molar-refractivity contribution in [2.45, 2.75) is 33.1 Å². The second kappa shape index (κ2) is 8.59. The Labute approximate surface area is 120 Å². The smallest absolute Gasteiger partial charge is 0.309 e. The quantitative estimate of drug-likeness (QED) is 0.668. The van der Waals surface area contributed by atoms with Gasteiger partial charge in [-0.1, -0.05) is 24.6 Å². The lowest BCUT2D eigenvalue weighted by Gasteiger charge is -2.18. The van der Waals surface area contributed by atoms with Gasteiger partial charge in [0.1, 0.15) is 12.4 Å². The summed E-state index contributed by atoms with van der Waals surface area (Å²) in [5.41, 5.74) is -0.642. The van der Waals surface area contributed by atoms with Gasteiger partial charge in [0.05, 0.1) is 12.0 Å². The first-order chi connectivity index (χ1) is 9.52. The van der Waals surface area contributed by atoms with Crippen LogP contribution in [-0.2, 0) is 9.53 Å². The van der Waals surface area contributed by atoms with Crippen molar-refractivity contribution < 1.29 is 19.4 Å². The molecule has 0 bridgehead atoms. The van der Waals surface area contributed by atoms with Crippen LogP contribution in [0.4, 0.5) is 0 Å². The molecule has 1 aromatic rings. The Kier molecular flexibility index (Phi) is 7.09. The Hall–Kier alpha value is -1.55. The van der Waals surface area contributed by atoms with E-state index >= 15 is 0 Å². The summed E-state index contributed by atoms with van der Waals surface area (Å²) in [5, 5.41) is 8.97. The maximum absolute atomic E-state index is 10.9. The summed E-state index contributed by atoms with van der Waals surface area (Å²) in [7, 11) is 0. The Morgan fingerprint density at radius 3 is 2.45 bits per heavy atom. The van der Waals surface area contributed by atoms with Crippen LogP contribution in [0.3, 0.4) is 0 Å². The first kappa shape index (κ1) is 16.5. The second-order valence-electron chi connectivity index (χ2n) is 5.42. The van der Waals surface area contributed by atoms with E-state index in [0.717, 1.165) is 18.6 Å². The van der Waals surface area contributed by atoms with Crippen LogP contribution in [0.25, 0.3) is 0 Å². The monoisotopic (exact) mass is 280 g/mol. The predicted octanol–water partition coefficient (Wildman–Crippen LogP) is 3.36. The lowest BCUT2D eigenvalue weighted by molar-refractivity contribution is -0.147. The molecule has 1 rings (SSSR count). The number of aliphatic carboxylic acids is 1. The SMILES string of the molecule is CC(C)(CCCCOCCOc1ccccc1)C(=O)O. The second-order valence-corrected chi connectivity index (χ2v) is 5.42. The van der Waals surface area contributed by atoms with Crippen molar-refractivity contribution in [3.63, 3.8) is 0 Å². The van der Waals surface area contributed by atoms with Crippen LogP contribution in [0.2, 0.25) is 0 Å². The van der Waals surface area contributed by atoms with E-state index in [0.29, 0.717) is 26.2 Å². The molecule has 0 aromatic heterocycles. The molecule has 0 spiro atoms. The van der Waals surface area contributed by atoms with Crippen molar-refractivity contribution in [2.75, 3.05) is 19.8 Å². The normalized spacial score (nSPS) is 11.3. The van der Waals surface area contributed by atoms with Crippen molar-refractivity contribution in [1.29, 1.82) is 0 Å². The number of benzene rings is 1. The number of ether oxygens (including phenoxy) is 2. The Bertz CT molecular complexity index is 387. The summed E-state index contributed by atoms with van der Waals surface area (Å²) in [6.07, 6.45) is 2.41. The first-order valence-electron chi connectivity index (χ1n) is 7.01. The number of carbonyl (C=O) groups is 1. The highest BCUT2D eigenvalue weighted by Gasteiger charge is 2.25. The molecule has 4 nitrogen and oxygen atoms in total. The molecule has 4 heteroatoms. The summed E-state index contributed by atoms with van der Waals surface area (Å²) >= 11 is 0. The van der Waals surface area contributed by atoms with Crippen LogP contribution in [-0.4, -0.2) is 30.9 Å². The van der Waals surface area contributed by atoms with E-state index in [1.807, 2.05) is 30.3 Å². The summed E-state index contributed by atoms with van der Waals surface area (Å²) in [6, 6.07) is 9.63. The molecule has 0 unspecified atom stereocenters. The Morgan fingerprint density at radius 1 is 1.10 bits per heavy atom. The largest absolute Gasteiger partial charge is 0.491 e. The minimum Gasteiger partial charge on any atom is -0.491 e. The maximum atomic E-state index is 10.9. The van der Waals surface area contributed by atoms with E-state index < -0.39 is 11.4 Å². The number of hydrogen-bond acceptors (Lipinski definition) is 3. The standard InChI is InChI=1S/C16H24O4/c1-16(2,15(17)18)10-6-7-11-19-12-13-20-14-8-4-3-5-9-14/h3-5,8-9H,6-7,10-13H2,1-2H3,(H,17,18). The molecule has 0 heterocycles. The number of carboxylic acid groups (broad SMARTS) is 1. The Morgan fingerprint density at radius 2 is 1.80 bits per heavy atom. The van der Waals surface area contributed by atoms with Gasteiger partial charge in [0, 0.05) is 6.61 Å². The van der Waals surface area contributed by atoms with Gasteiger partial charge in [-0.05, 0) is 38.8 Å². The molecule has 20 heavy (non-hydrogen) atoms. The third-order valence-corrected chi connectivity index (χ3v) is 3.16. The average molecular weight is 280 g/mol. The van der Waals surface area contributed by atoms with Crippen molar-refractivity contribution in [3.05, 3.63) is 30.3 Å². The van der Waals surface area contributed by atoms with E-state index in [9.17, 15) is 4.79 Å². The fraction of sp³-hybridized carbons (Fsp3) is 0.562. The molecule has 1 N–H and O–H groups in total. The highest BCUT2D eigenvalue weighted by Crippen LogP contribution is 2.23. The number of rotatable bonds is 10. The van der Waals surface area contributed by atoms with Crippen LogP contribution in [0.15, 0.2) is 30.3 Å². The molecular formula is C16H24O4. The number of carboxylic acids is 1. The molecule has 1 aromatic carbocycles. The Balaban J connectivity index is 1.97. The van der Waals surface area contributed by atoms with Gasteiger partial charge in [0.15, 0.2) is 0 Å². The van der Waals surface area contributed by atoms with E-state index in [1.54, 1.807) is 13.8 Å². The van der Waals surface area contributed by atoms with Crippen molar-refractivity contribution in [1.82, 2.24) is 0 Å². The minimum absolute atomic E-state index is 0.532. The van der Waals surface area contributed by atoms with E-state index in [1.165, 1.54) is 0 Å². The predicted molar refractivity (Wildman–Crippen MR) is 78.0 cm³/mol.